The first-order chi connectivity index (χ1) is 16.5. The number of para-hydroxylation sites is 1. The average molecular weight is 482 g/mol. The first-order valence-electron chi connectivity index (χ1n) is 10.6. The molecule has 34 heavy (non-hydrogen) atoms. The number of halogens is 1. The maximum absolute atomic E-state index is 12.9. The fourth-order valence-electron chi connectivity index (χ4n) is 3.33. The fraction of sp³-hybridized carbons (Fsp3) is 0.200. The highest BCUT2D eigenvalue weighted by Gasteiger charge is 2.17. The van der Waals surface area contributed by atoms with E-state index in [1.165, 1.54) is 0 Å². The highest BCUT2D eigenvalue weighted by atomic mass is 35.5. The minimum absolute atomic E-state index is 0.141. The van der Waals surface area contributed by atoms with Gasteiger partial charge in [0.05, 0.1) is 17.8 Å². The largest absolute Gasteiger partial charge is 0.492 e. The summed E-state index contributed by atoms with van der Waals surface area (Å²) in [6, 6.07) is 19.1. The van der Waals surface area contributed by atoms with Crippen molar-refractivity contribution in [3.63, 3.8) is 0 Å². The molecule has 1 aliphatic heterocycles. The van der Waals surface area contributed by atoms with Crippen molar-refractivity contribution in [2.24, 2.45) is 0 Å². The fourth-order valence-corrected chi connectivity index (χ4v) is 3.45. The molecular weight excluding hydrogens is 458 g/mol. The third-order valence-electron chi connectivity index (χ3n) is 5.05. The van der Waals surface area contributed by atoms with Crippen molar-refractivity contribution in [2.45, 2.75) is 0 Å². The van der Waals surface area contributed by atoms with E-state index in [4.69, 9.17) is 25.8 Å². The van der Waals surface area contributed by atoms with Crippen LogP contribution in [0.5, 0.6) is 17.2 Å². The molecule has 0 aliphatic carbocycles. The molecule has 3 aromatic carbocycles. The van der Waals surface area contributed by atoms with Crippen molar-refractivity contribution in [3.8, 4) is 17.2 Å². The van der Waals surface area contributed by atoms with E-state index >= 15 is 0 Å². The molecule has 1 heterocycles. The van der Waals surface area contributed by atoms with Crippen LogP contribution in [0, 0.1) is 0 Å². The first-order valence-corrected chi connectivity index (χ1v) is 11.0. The maximum atomic E-state index is 12.9. The Labute approximate surface area is 202 Å². The zero-order valence-corrected chi connectivity index (χ0v) is 19.3. The molecule has 0 fully saturated rings. The molecule has 0 atom stereocenters. The van der Waals surface area contributed by atoms with Gasteiger partial charge in [-0.05, 0) is 55.6 Å². The van der Waals surface area contributed by atoms with Crippen LogP contribution in [0.2, 0.25) is 5.02 Å². The minimum Gasteiger partial charge on any atom is -0.492 e. The predicted molar refractivity (Wildman–Crippen MR) is 130 cm³/mol. The number of hydrogen-bond donors (Lipinski definition) is 2. The molecule has 0 spiro atoms. The molecule has 1 aliphatic rings. The molecule has 2 N–H and O–H groups in total. The summed E-state index contributed by atoms with van der Waals surface area (Å²) in [5.41, 5.74) is 1.34. The maximum Gasteiger partial charge on any atom is 0.257 e. The van der Waals surface area contributed by atoms with E-state index in [-0.39, 0.29) is 25.2 Å². The lowest BCUT2D eigenvalue weighted by Crippen LogP contribution is -2.33. The molecule has 2 amide bonds. The number of anilines is 2. The summed E-state index contributed by atoms with van der Waals surface area (Å²) in [5, 5.41) is 6.30. The Kier molecular flexibility index (Phi) is 7.51. The Balaban J connectivity index is 1.29. The van der Waals surface area contributed by atoms with Crippen LogP contribution in [-0.2, 0) is 4.79 Å². The van der Waals surface area contributed by atoms with Crippen LogP contribution in [0.15, 0.2) is 66.7 Å². The summed E-state index contributed by atoms with van der Waals surface area (Å²) in [5.74, 6) is 1.33. The van der Waals surface area contributed by atoms with Gasteiger partial charge in [-0.1, -0.05) is 23.7 Å². The van der Waals surface area contributed by atoms with E-state index in [0.717, 1.165) is 0 Å². The van der Waals surface area contributed by atoms with Crippen molar-refractivity contribution in [1.29, 1.82) is 0 Å². The Bertz CT molecular complexity index is 1170. The van der Waals surface area contributed by atoms with Crippen LogP contribution < -0.4 is 24.8 Å². The lowest BCUT2D eigenvalue weighted by molar-refractivity contribution is -0.117. The molecule has 0 aromatic heterocycles. The summed E-state index contributed by atoms with van der Waals surface area (Å²) >= 11 is 5.87. The molecular formula is C25H24ClN3O5. The van der Waals surface area contributed by atoms with Gasteiger partial charge in [0.1, 0.15) is 12.4 Å². The van der Waals surface area contributed by atoms with E-state index < -0.39 is 0 Å². The van der Waals surface area contributed by atoms with Crippen LogP contribution in [0.3, 0.4) is 0 Å². The number of carbonyl (C=O) groups excluding carboxylic acids is 2. The number of amides is 2. The molecule has 0 unspecified atom stereocenters. The molecule has 0 saturated heterocycles. The monoisotopic (exact) mass is 481 g/mol. The second kappa shape index (κ2) is 10.9. The zero-order valence-electron chi connectivity index (χ0n) is 18.5. The number of rotatable bonds is 9. The normalized spacial score (nSPS) is 11.9. The number of nitrogens with one attached hydrogen (secondary N) is 2. The van der Waals surface area contributed by atoms with Gasteiger partial charge >= 0.3 is 0 Å². The molecule has 3 aromatic rings. The van der Waals surface area contributed by atoms with Gasteiger partial charge in [-0.15, -0.1) is 0 Å². The van der Waals surface area contributed by atoms with E-state index in [0.29, 0.717) is 52.4 Å². The Morgan fingerprint density at radius 1 is 1.00 bits per heavy atom. The summed E-state index contributed by atoms with van der Waals surface area (Å²) in [6.45, 7) is 1.26. The lowest BCUT2D eigenvalue weighted by atomic mass is 10.1. The summed E-state index contributed by atoms with van der Waals surface area (Å²) in [4.78, 5) is 27.3. The molecule has 176 valence electrons. The minimum atomic E-state index is -0.348. The van der Waals surface area contributed by atoms with Crippen LogP contribution in [0.25, 0.3) is 0 Å². The van der Waals surface area contributed by atoms with Gasteiger partial charge in [0.2, 0.25) is 12.7 Å². The van der Waals surface area contributed by atoms with E-state index in [9.17, 15) is 9.59 Å². The van der Waals surface area contributed by atoms with Crippen molar-refractivity contribution >= 4 is 34.8 Å². The first kappa shape index (κ1) is 23.4. The smallest absolute Gasteiger partial charge is 0.257 e. The van der Waals surface area contributed by atoms with Crippen LogP contribution in [0.1, 0.15) is 10.4 Å². The van der Waals surface area contributed by atoms with Gasteiger partial charge in [0.15, 0.2) is 11.5 Å². The lowest BCUT2D eigenvalue weighted by Gasteiger charge is -2.17. The van der Waals surface area contributed by atoms with Gasteiger partial charge in [0, 0.05) is 23.3 Å². The molecule has 8 nitrogen and oxygen atoms in total. The number of nitrogens with zero attached hydrogens (tertiary/aromatic N) is 1. The summed E-state index contributed by atoms with van der Waals surface area (Å²) < 4.78 is 16.3. The highest BCUT2D eigenvalue weighted by Crippen LogP contribution is 2.34. The quantitative estimate of drug-likeness (QED) is 0.474. The van der Waals surface area contributed by atoms with Gasteiger partial charge in [-0.3, -0.25) is 14.5 Å². The number of carbonyl (C=O) groups is 2. The second-order valence-corrected chi connectivity index (χ2v) is 8.09. The SMILES string of the molecule is CN(CCOc1ccc(Cl)cc1)CC(=O)Nc1ccccc1C(=O)Nc1ccc2c(c1)OCO2. The molecule has 0 saturated carbocycles. The molecule has 0 radical (unpaired) electrons. The highest BCUT2D eigenvalue weighted by molar-refractivity contribution is 6.30. The van der Waals surface area contributed by atoms with E-state index in [1.807, 2.05) is 11.9 Å². The van der Waals surface area contributed by atoms with Crippen molar-refractivity contribution in [3.05, 3.63) is 77.3 Å². The number of likely N-dealkylation sites (N-methyl/N-ethyl adjacent to an activating group) is 1. The van der Waals surface area contributed by atoms with Crippen molar-refractivity contribution in [2.75, 3.05) is 44.2 Å². The van der Waals surface area contributed by atoms with E-state index in [1.54, 1.807) is 66.7 Å². The molecule has 9 heteroatoms. The summed E-state index contributed by atoms with van der Waals surface area (Å²) in [6.07, 6.45) is 0. The number of ether oxygens (including phenoxy) is 3. The average Bonchev–Trinajstić information content (AvgIpc) is 3.28. The van der Waals surface area contributed by atoms with Crippen LogP contribution in [0.4, 0.5) is 11.4 Å². The Hall–Kier alpha value is -3.75. The molecule has 0 bridgehead atoms. The van der Waals surface area contributed by atoms with Crippen molar-refractivity contribution < 1.29 is 23.8 Å². The number of benzene rings is 3. The third kappa shape index (κ3) is 6.18. The summed E-state index contributed by atoms with van der Waals surface area (Å²) in [7, 11) is 1.82. The topological polar surface area (TPSA) is 89.1 Å². The van der Waals surface area contributed by atoms with Crippen molar-refractivity contribution in [1.82, 2.24) is 4.90 Å². The Morgan fingerprint density at radius 2 is 1.76 bits per heavy atom. The second-order valence-electron chi connectivity index (χ2n) is 7.66. The van der Waals surface area contributed by atoms with Gasteiger partial charge in [0.25, 0.3) is 5.91 Å². The Morgan fingerprint density at radius 3 is 2.59 bits per heavy atom. The number of hydrogen-bond acceptors (Lipinski definition) is 6. The van der Waals surface area contributed by atoms with Gasteiger partial charge in [-0.25, -0.2) is 0 Å². The molecule has 4 rings (SSSR count). The van der Waals surface area contributed by atoms with E-state index in [2.05, 4.69) is 10.6 Å². The predicted octanol–water partition coefficient (Wildman–Crippen LogP) is 4.27. The van der Waals surface area contributed by atoms with Crippen LogP contribution in [-0.4, -0.2) is 50.3 Å². The van der Waals surface area contributed by atoms with Crippen LogP contribution >= 0.6 is 11.6 Å². The van der Waals surface area contributed by atoms with Gasteiger partial charge < -0.3 is 24.8 Å². The zero-order chi connectivity index (χ0) is 23.9. The third-order valence-corrected chi connectivity index (χ3v) is 5.30. The standard InChI is InChI=1S/C25H24ClN3O5/c1-29(12-13-32-19-9-6-17(26)7-10-19)15-24(30)28-21-5-3-2-4-20(21)25(31)27-18-8-11-22-23(14-18)34-16-33-22/h2-11,14H,12-13,15-16H2,1H3,(H,27,31)(H,28,30). The number of fused-ring (bicyclic) bond motifs is 1. The van der Waals surface area contributed by atoms with Gasteiger partial charge in [-0.2, -0.15) is 0 Å².